The summed E-state index contributed by atoms with van der Waals surface area (Å²) in [4.78, 5) is 4.48. The summed E-state index contributed by atoms with van der Waals surface area (Å²) < 4.78 is 0. The molecule has 0 atom stereocenters. The van der Waals surface area contributed by atoms with Crippen molar-refractivity contribution in [3.63, 3.8) is 0 Å². The highest BCUT2D eigenvalue weighted by molar-refractivity contribution is 6.85. The Morgan fingerprint density at radius 2 is 1.77 bits per heavy atom. The molecule has 2 heteroatoms. The molecular formula is C11H11BN. The van der Waals surface area contributed by atoms with Gasteiger partial charge in [-0.15, -0.1) is 0 Å². The van der Waals surface area contributed by atoms with E-state index >= 15 is 0 Å². The normalized spacial score (nSPS) is 15.7. The highest BCUT2D eigenvalue weighted by Crippen LogP contribution is 2.15. The van der Waals surface area contributed by atoms with Crippen LogP contribution in [0.15, 0.2) is 46.5 Å². The fourth-order valence-corrected chi connectivity index (χ4v) is 1.37. The van der Waals surface area contributed by atoms with E-state index in [0.717, 1.165) is 11.3 Å². The van der Waals surface area contributed by atoms with E-state index in [9.17, 15) is 0 Å². The Balaban J connectivity index is 2.29. The molecule has 1 aliphatic rings. The van der Waals surface area contributed by atoms with Gasteiger partial charge in [0, 0.05) is 11.3 Å². The van der Waals surface area contributed by atoms with Crippen LogP contribution in [0.25, 0.3) is 0 Å². The van der Waals surface area contributed by atoms with Gasteiger partial charge < -0.3 is 0 Å². The molecule has 0 saturated heterocycles. The molecule has 0 spiro atoms. The predicted octanol–water partition coefficient (Wildman–Crippen LogP) is 2.40. The van der Waals surface area contributed by atoms with Gasteiger partial charge in [-0.3, -0.25) is 4.99 Å². The monoisotopic (exact) mass is 168 g/mol. The van der Waals surface area contributed by atoms with Crippen LogP contribution in [-0.4, -0.2) is 12.9 Å². The lowest BCUT2D eigenvalue weighted by Crippen LogP contribution is -2.07. The Kier molecular flexibility index (Phi) is 2.05. The summed E-state index contributed by atoms with van der Waals surface area (Å²) in [5.74, 6) is 0. The van der Waals surface area contributed by atoms with Gasteiger partial charge in [-0.1, -0.05) is 42.7 Å². The van der Waals surface area contributed by atoms with Crippen LogP contribution in [0.4, 0.5) is 0 Å². The maximum absolute atomic E-state index is 4.48. The first-order chi connectivity index (χ1) is 6.27. The Bertz CT molecular complexity index is 376. The van der Waals surface area contributed by atoms with Crippen LogP contribution >= 0.6 is 0 Å². The van der Waals surface area contributed by atoms with E-state index in [1.54, 1.807) is 0 Å². The molecule has 0 aliphatic carbocycles. The van der Waals surface area contributed by atoms with Crippen molar-refractivity contribution in [2.24, 2.45) is 4.99 Å². The lowest BCUT2D eigenvalue weighted by Gasteiger charge is -1.98. The molecule has 1 aromatic rings. The zero-order valence-corrected chi connectivity index (χ0v) is 7.91. The highest BCUT2D eigenvalue weighted by atomic mass is 14.8. The third-order valence-electron chi connectivity index (χ3n) is 2.28. The van der Waals surface area contributed by atoms with E-state index < -0.39 is 0 Å². The van der Waals surface area contributed by atoms with Gasteiger partial charge >= 0.3 is 0 Å². The SMILES string of the molecule is CC1=C(C)N=C(c2ccccc2)[B]1. The number of allylic oxidation sites excluding steroid dienone is 2. The molecule has 0 fully saturated rings. The van der Waals surface area contributed by atoms with E-state index in [1.165, 1.54) is 11.0 Å². The van der Waals surface area contributed by atoms with E-state index in [-0.39, 0.29) is 0 Å². The molecule has 0 saturated carbocycles. The number of aliphatic imine (C=N–C) groups is 1. The smallest absolute Gasteiger partial charge is 0.214 e. The Morgan fingerprint density at radius 1 is 1.08 bits per heavy atom. The second-order valence-electron chi connectivity index (χ2n) is 3.28. The minimum atomic E-state index is 1.08. The second kappa shape index (κ2) is 3.21. The quantitative estimate of drug-likeness (QED) is 0.571. The summed E-state index contributed by atoms with van der Waals surface area (Å²) in [6.45, 7) is 4.14. The average Bonchev–Trinajstić information content (AvgIpc) is 2.49. The molecule has 1 aromatic carbocycles. The third kappa shape index (κ3) is 1.57. The zero-order valence-electron chi connectivity index (χ0n) is 7.91. The van der Waals surface area contributed by atoms with Crippen molar-refractivity contribution in [2.75, 3.05) is 0 Å². The topological polar surface area (TPSA) is 12.4 Å². The van der Waals surface area contributed by atoms with Gasteiger partial charge in [0.2, 0.25) is 7.28 Å². The highest BCUT2D eigenvalue weighted by Gasteiger charge is 2.13. The molecule has 1 radical (unpaired) electrons. The minimum absolute atomic E-state index is 1.08. The van der Waals surface area contributed by atoms with Crippen LogP contribution in [-0.2, 0) is 0 Å². The summed E-state index contributed by atoms with van der Waals surface area (Å²) in [7, 11) is 2.13. The average molecular weight is 168 g/mol. The number of nitrogens with zero attached hydrogens (tertiary/aromatic N) is 1. The fraction of sp³-hybridized carbons (Fsp3) is 0.182. The molecular weight excluding hydrogens is 157 g/mol. The van der Waals surface area contributed by atoms with Gasteiger partial charge in [0.05, 0.1) is 0 Å². The van der Waals surface area contributed by atoms with Crippen molar-refractivity contribution in [1.82, 2.24) is 0 Å². The Hall–Kier alpha value is -1.31. The standard InChI is InChI=1S/C11H11BN/c1-8-9(2)13-11(12-8)10-6-4-3-5-7-10/h3-7H,1-2H3. The largest absolute Gasteiger partial charge is 0.269 e. The summed E-state index contributed by atoms with van der Waals surface area (Å²) in [6.07, 6.45) is 0. The van der Waals surface area contributed by atoms with E-state index in [4.69, 9.17) is 0 Å². The molecule has 2 rings (SSSR count). The zero-order chi connectivity index (χ0) is 9.26. The van der Waals surface area contributed by atoms with Crippen LogP contribution in [0.1, 0.15) is 19.4 Å². The van der Waals surface area contributed by atoms with E-state index in [2.05, 4.69) is 31.3 Å². The van der Waals surface area contributed by atoms with Crippen LogP contribution < -0.4 is 0 Å². The molecule has 1 aliphatic heterocycles. The lowest BCUT2D eigenvalue weighted by molar-refractivity contribution is 1.29. The molecule has 0 bridgehead atoms. The molecule has 0 N–H and O–H groups in total. The van der Waals surface area contributed by atoms with Gasteiger partial charge in [-0.05, 0) is 12.5 Å². The fourth-order valence-electron chi connectivity index (χ4n) is 1.37. The van der Waals surface area contributed by atoms with Gasteiger partial charge in [0.15, 0.2) is 0 Å². The predicted molar refractivity (Wildman–Crippen MR) is 57.1 cm³/mol. The van der Waals surface area contributed by atoms with Crippen molar-refractivity contribution >= 4 is 12.9 Å². The first-order valence-electron chi connectivity index (χ1n) is 4.44. The molecule has 63 valence electrons. The first kappa shape index (κ1) is 8.30. The van der Waals surface area contributed by atoms with Crippen LogP contribution in [0.3, 0.4) is 0 Å². The molecule has 0 unspecified atom stereocenters. The number of rotatable bonds is 1. The molecule has 0 aromatic heterocycles. The van der Waals surface area contributed by atoms with Crippen molar-refractivity contribution < 1.29 is 0 Å². The van der Waals surface area contributed by atoms with E-state index in [0.29, 0.717) is 0 Å². The van der Waals surface area contributed by atoms with Crippen molar-refractivity contribution in [3.05, 3.63) is 47.1 Å². The number of hydrogen-bond acceptors (Lipinski definition) is 1. The van der Waals surface area contributed by atoms with Crippen LogP contribution in [0, 0.1) is 0 Å². The van der Waals surface area contributed by atoms with Gasteiger partial charge in [-0.2, -0.15) is 0 Å². The summed E-state index contributed by atoms with van der Waals surface area (Å²) in [5.41, 5.74) is 4.66. The summed E-state index contributed by atoms with van der Waals surface area (Å²) in [5, 5.41) is 0. The Morgan fingerprint density at radius 3 is 2.31 bits per heavy atom. The molecule has 1 nitrogen and oxygen atoms in total. The minimum Gasteiger partial charge on any atom is -0.269 e. The number of benzene rings is 1. The van der Waals surface area contributed by atoms with Crippen LogP contribution in [0.5, 0.6) is 0 Å². The van der Waals surface area contributed by atoms with Gasteiger partial charge in [0.25, 0.3) is 0 Å². The van der Waals surface area contributed by atoms with Gasteiger partial charge in [0.1, 0.15) is 0 Å². The Labute approximate surface area is 79.4 Å². The second-order valence-corrected chi connectivity index (χ2v) is 3.28. The van der Waals surface area contributed by atoms with Crippen molar-refractivity contribution in [3.8, 4) is 0 Å². The maximum atomic E-state index is 4.48. The molecule has 1 heterocycles. The summed E-state index contributed by atoms with van der Waals surface area (Å²) in [6, 6.07) is 10.3. The van der Waals surface area contributed by atoms with Gasteiger partial charge in [-0.25, -0.2) is 0 Å². The summed E-state index contributed by atoms with van der Waals surface area (Å²) >= 11 is 0. The number of hydrogen-bond donors (Lipinski definition) is 0. The van der Waals surface area contributed by atoms with E-state index in [1.807, 2.05) is 25.1 Å². The lowest BCUT2D eigenvalue weighted by atomic mass is 9.65. The molecule has 13 heavy (non-hydrogen) atoms. The van der Waals surface area contributed by atoms with Crippen molar-refractivity contribution in [1.29, 1.82) is 0 Å². The molecule has 0 amide bonds. The maximum Gasteiger partial charge on any atom is 0.214 e. The third-order valence-corrected chi connectivity index (χ3v) is 2.28. The van der Waals surface area contributed by atoms with Crippen molar-refractivity contribution in [2.45, 2.75) is 13.8 Å². The first-order valence-corrected chi connectivity index (χ1v) is 4.44. The van der Waals surface area contributed by atoms with Crippen LogP contribution in [0.2, 0.25) is 0 Å².